The molecule has 0 unspecified atom stereocenters. The fourth-order valence-electron chi connectivity index (χ4n) is 5.16. The van der Waals surface area contributed by atoms with Crippen LogP contribution in [0.4, 0.5) is 0 Å². The molecule has 0 radical (unpaired) electrons. The van der Waals surface area contributed by atoms with Crippen LogP contribution in [0.3, 0.4) is 0 Å². The zero-order chi connectivity index (χ0) is 14.6. The van der Waals surface area contributed by atoms with E-state index in [2.05, 4.69) is 5.32 Å². The number of hydrogen-bond acceptors (Lipinski definition) is 3. The molecule has 0 spiro atoms. The Hall–Kier alpha value is -1.06. The van der Waals surface area contributed by atoms with Crippen LogP contribution in [-0.2, 0) is 14.3 Å². The fraction of sp³-hybridized carbons (Fsp3) is 0.882. The molecule has 5 aliphatic carbocycles. The van der Waals surface area contributed by atoms with Crippen LogP contribution >= 0.6 is 0 Å². The van der Waals surface area contributed by atoms with Crippen LogP contribution in [0, 0.1) is 29.6 Å². The first-order valence-corrected chi connectivity index (χ1v) is 8.61. The number of nitrogens with one attached hydrogen (secondary N) is 1. The molecular weight excluding hydrogens is 266 g/mol. The molecule has 1 N–H and O–H groups in total. The third-order valence-electron chi connectivity index (χ3n) is 6.08. The van der Waals surface area contributed by atoms with Gasteiger partial charge in [0.25, 0.3) is 5.91 Å². The molecule has 5 saturated carbocycles. The molecule has 5 aliphatic rings. The number of carbonyl (C=O) groups excluding carboxylic acids is 2. The molecule has 0 aromatic heterocycles. The highest BCUT2D eigenvalue weighted by molar-refractivity contribution is 5.84. The summed E-state index contributed by atoms with van der Waals surface area (Å²) in [6, 6.07) is 0.319. The number of esters is 1. The highest BCUT2D eigenvalue weighted by atomic mass is 16.5. The molecule has 0 heterocycles. The molecule has 0 aromatic carbocycles. The van der Waals surface area contributed by atoms with Gasteiger partial charge in [-0.2, -0.15) is 0 Å². The largest absolute Gasteiger partial charge is 0.452 e. The smallest absolute Gasteiger partial charge is 0.310 e. The Morgan fingerprint density at radius 3 is 2.10 bits per heavy atom. The van der Waals surface area contributed by atoms with Crippen LogP contribution in [0.15, 0.2) is 0 Å². The molecule has 5 rings (SSSR count). The fourth-order valence-corrected chi connectivity index (χ4v) is 5.16. The van der Waals surface area contributed by atoms with E-state index in [1.165, 1.54) is 32.1 Å². The summed E-state index contributed by atoms with van der Waals surface area (Å²) in [6.45, 7) is 1.70. The van der Waals surface area contributed by atoms with E-state index in [-0.39, 0.29) is 17.8 Å². The van der Waals surface area contributed by atoms with Gasteiger partial charge in [0.2, 0.25) is 0 Å². The lowest BCUT2D eigenvalue weighted by atomic mass is 9.52. The monoisotopic (exact) mass is 291 g/mol. The molecule has 21 heavy (non-hydrogen) atoms. The van der Waals surface area contributed by atoms with Crippen molar-refractivity contribution < 1.29 is 14.3 Å². The van der Waals surface area contributed by atoms with Crippen molar-refractivity contribution in [3.63, 3.8) is 0 Å². The Labute approximate surface area is 126 Å². The topological polar surface area (TPSA) is 55.4 Å². The summed E-state index contributed by atoms with van der Waals surface area (Å²) in [5, 5.41) is 2.91. The molecule has 1 atom stereocenters. The Morgan fingerprint density at radius 1 is 1.00 bits per heavy atom. The Bertz CT molecular complexity index is 429. The third-order valence-corrected chi connectivity index (χ3v) is 6.08. The van der Waals surface area contributed by atoms with E-state index in [1.807, 2.05) is 0 Å². The molecule has 4 heteroatoms. The SMILES string of the molecule is C[C@H](OC(=O)C1C2CC3CC(C2)CC1C3)C(=O)NC1CC1. The molecule has 0 aromatic rings. The minimum Gasteiger partial charge on any atom is -0.452 e. The highest BCUT2D eigenvalue weighted by Gasteiger charge is 2.51. The molecule has 4 nitrogen and oxygen atoms in total. The maximum atomic E-state index is 12.5. The summed E-state index contributed by atoms with van der Waals surface area (Å²) < 4.78 is 5.52. The Kier molecular flexibility index (Phi) is 3.23. The molecular formula is C17H25NO3. The summed E-state index contributed by atoms with van der Waals surface area (Å²) in [5.41, 5.74) is 0. The molecule has 0 aliphatic heterocycles. The van der Waals surface area contributed by atoms with Crippen molar-refractivity contribution in [1.82, 2.24) is 5.32 Å². The van der Waals surface area contributed by atoms with Gasteiger partial charge in [-0.1, -0.05) is 0 Å². The summed E-state index contributed by atoms with van der Waals surface area (Å²) in [6.07, 6.45) is 7.67. The van der Waals surface area contributed by atoms with Gasteiger partial charge < -0.3 is 10.1 Å². The summed E-state index contributed by atoms with van der Waals surface area (Å²) in [4.78, 5) is 24.5. The zero-order valence-electron chi connectivity index (χ0n) is 12.7. The number of ether oxygens (including phenoxy) is 1. The van der Waals surface area contributed by atoms with Gasteiger partial charge >= 0.3 is 5.97 Å². The van der Waals surface area contributed by atoms with Crippen molar-refractivity contribution in [3.8, 4) is 0 Å². The number of hydrogen-bond donors (Lipinski definition) is 1. The maximum absolute atomic E-state index is 12.5. The molecule has 0 saturated heterocycles. The summed E-state index contributed by atoms with van der Waals surface area (Å²) in [7, 11) is 0. The van der Waals surface area contributed by atoms with Crippen LogP contribution < -0.4 is 5.32 Å². The first kappa shape index (κ1) is 13.6. The molecule has 4 bridgehead atoms. The van der Waals surface area contributed by atoms with Crippen LogP contribution in [0.2, 0.25) is 0 Å². The average molecular weight is 291 g/mol. The van der Waals surface area contributed by atoms with Crippen molar-refractivity contribution >= 4 is 11.9 Å². The van der Waals surface area contributed by atoms with Gasteiger partial charge in [-0.25, -0.2) is 0 Å². The second-order valence-corrected chi connectivity index (χ2v) is 7.82. The first-order chi connectivity index (χ1) is 10.1. The standard InChI is InChI=1S/C17H25NO3/c1-9(16(19)18-14-2-3-14)21-17(20)15-12-5-10-4-11(7-12)8-13(15)6-10/h9-15H,2-8H2,1H3,(H,18,19)/t9-,10?,11?,12?,13?,15?/m0/s1. The van der Waals surface area contributed by atoms with Crippen molar-refractivity contribution in [2.24, 2.45) is 29.6 Å². The van der Waals surface area contributed by atoms with Crippen LogP contribution in [-0.4, -0.2) is 24.0 Å². The van der Waals surface area contributed by atoms with Crippen molar-refractivity contribution in [1.29, 1.82) is 0 Å². The number of amides is 1. The van der Waals surface area contributed by atoms with Gasteiger partial charge in [0.05, 0.1) is 5.92 Å². The van der Waals surface area contributed by atoms with Gasteiger partial charge in [-0.3, -0.25) is 9.59 Å². The predicted molar refractivity (Wildman–Crippen MR) is 77.3 cm³/mol. The third kappa shape index (κ3) is 2.58. The molecule has 5 fully saturated rings. The highest BCUT2D eigenvalue weighted by Crippen LogP contribution is 2.56. The van der Waals surface area contributed by atoms with Gasteiger partial charge in [-0.05, 0) is 75.5 Å². The molecule has 116 valence electrons. The Balaban J connectivity index is 1.37. The van der Waals surface area contributed by atoms with Gasteiger partial charge in [-0.15, -0.1) is 0 Å². The predicted octanol–water partition coefficient (Wildman–Crippen LogP) is 2.27. The van der Waals surface area contributed by atoms with E-state index >= 15 is 0 Å². The van der Waals surface area contributed by atoms with Crippen molar-refractivity contribution in [3.05, 3.63) is 0 Å². The normalized spacial score (nSPS) is 41.7. The van der Waals surface area contributed by atoms with E-state index in [9.17, 15) is 9.59 Å². The van der Waals surface area contributed by atoms with Crippen LogP contribution in [0.1, 0.15) is 51.9 Å². The van der Waals surface area contributed by atoms with Crippen LogP contribution in [0.5, 0.6) is 0 Å². The average Bonchev–Trinajstić information content (AvgIpc) is 3.21. The quantitative estimate of drug-likeness (QED) is 0.808. The van der Waals surface area contributed by atoms with Crippen molar-refractivity contribution in [2.45, 2.75) is 64.0 Å². The van der Waals surface area contributed by atoms with E-state index in [1.54, 1.807) is 6.92 Å². The first-order valence-electron chi connectivity index (χ1n) is 8.61. The van der Waals surface area contributed by atoms with Gasteiger partial charge in [0.1, 0.15) is 0 Å². The van der Waals surface area contributed by atoms with E-state index in [0.717, 1.165) is 24.7 Å². The second kappa shape index (κ2) is 4.99. The number of rotatable bonds is 4. The van der Waals surface area contributed by atoms with E-state index < -0.39 is 6.10 Å². The van der Waals surface area contributed by atoms with Gasteiger partial charge in [0.15, 0.2) is 6.10 Å². The Morgan fingerprint density at radius 2 is 1.57 bits per heavy atom. The number of carbonyl (C=O) groups is 2. The maximum Gasteiger partial charge on any atom is 0.310 e. The second-order valence-electron chi connectivity index (χ2n) is 7.82. The summed E-state index contributed by atoms with van der Waals surface area (Å²) in [5.74, 6) is 2.57. The lowest BCUT2D eigenvalue weighted by Crippen LogP contribution is -2.49. The van der Waals surface area contributed by atoms with Crippen LogP contribution in [0.25, 0.3) is 0 Å². The minimum absolute atomic E-state index is 0.0639. The lowest BCUT2D eigenvalue weighted by molar-refractivity contribution is -0.170. The molecule has 1 amide bonds. The van der Waals surface area contributed by atoms with Gasteiger partial charge in [0, 0.05) is 6.04 Å². The van der Waals surface area contributed by atoms with E-state index in [0.29, 0.717) is 17.9 Å². The van der Waals surface area contributed by atoms with E-state index in [4.69, 9.17) is 4.74 Å². The minimum atomic E-state index is -0.643. The lowest BCUT2D eigenvalue weighted by Gasteiger charge is -2.53. The zero-order valence-corrected chi connectivity index (χ0v) is 12.7. The summed E-state index contributed by atoms with van der Waals surface area (Å²) >= 11 is 0. The van der Waals surface area contributed by atoms with Crippen molar-refractivity contribution in [2.75, 3.05) is 0 Å².